The van der Waals surface area contributed by atoms with Crippen LogP contribution in [0.15, 0.2) is 42.5 Å². The lowest BCUT2D eigenvalue weighted by atomic mass is 9.92. The fraction of sp³-hybridized carbons (Fsp3) is 0.429. The molecule has 0 unspecified atom stereocenters. The van der Waals surface area contributed by atoms with E-state index in [1.807, 2.05) is 42.5 Å². The molecule has 1 aliphatic heterocycles. The maximum absolute atomic E-state index is 12.1. The van der Waals surface area contributed by atoms with Crippen molar-refractivity contribution in [3.63, 3.8) is 0 Å². The van der Waals surface area contributed by atoms with E-state index >= 15 is 0 Å². The molecule has 3 aliphatic rings. The van der Waals surface area contributed by atoms with Gasteiger partial charge >= 0.3 is 6.09 Å². The van der Waals surface area contributed by atoms with Gasteiger partial charge in [-0.05, 0) is 68.4 Å². The molecule has 1 N–H and O–H groups in total. The van der Waals surface area contributed by atoms with Crippen molar-refractivity contribution in [1.82, 2.24) is 4.57 Å². The predicted octanol–water partition coefficient (Wildman–Crippen LogP) is 5.76. The molecule has 0 atom stereocenters. The number of ether oxygens (including phenoxy) is 4. The minimum atomic E-state index is -0.421. The molecular formula is C28H29N3O5. The molecule has 2 heterocycles. The van der Waals surface area contributed by atoms with Crippen molar-refractivity contribution >= 4 is 22.7 Å². The third kappa shape index (κ3) is 4.41. The monoisotopic (exact) mass is 487 g/mol. The van der Waals surface area contributed by atoms with Gasteiger partial charge in [0, 0.05) is 23.2 Å². The molecule has 0 bridgehead atoms. The predicted molar refractivity (Wildman–Crippen MR) is 134 cm³/mol. The highest BCUT2D eigenvalue weighted by Crippen LogP contribution is 2.43. The molecule has 0 radical (unpaired) electrons. The molecule has 8 heteroatoms. The van der Waals surface area contributed by atoms with Gasteiger partial charge in [-0.1, -0.05) is 12.1 Å². The van der Waals surface area contributed by atoms with Gasteiger partial charge in [-0.2, -0.15) is 5.26 Å². The topological polar surface area (TPSA) is 94.7 Å². The van der Waals surface area contributed by atoms with Gasteiger partial charge in [-0.15, -0.1) is 0 Å². The number of amides is 1. The van der Waals surface area contributed by atoms with Gasteiger partial charge in [0.1, 0.15) is 30.8 Å². The van der Waals surface area contributed by atoms with Crippen LogP contribution in [-0.2, 0) is 14.2 Å². The number of anilines is 1. The van der Waals surface area contributed by atoms with Crippen molar-refractivity contribution in [2.24, 2.45) is 0 Å². The highest BCUT2D eigenvalue weighted by atomic mass is 16.7. The van der Waals surface area contributed by atoms with E-state index in [-0.39, 0.29) is 12.2 Å². The maximum atomic E-state index is 12.1. The molecule has 8 nitrogen and oxygen atoms in total. The van der Waals surface area contributed by atoms with Gasteiger partial charge in [-0.25, -0.2) is 4.79 Å². The average Bonchev–Trinajstić information content (AvgIpc) is 3.15. The number of nitriles is 1. The van der Waals surface area contributed by atoms with E-state index in [9.17, 15) is 10.1 Å². The molecule has 36 heavy (non-hydrogen) atoms. The van der Waals surface area contributed by atoms with Crippen molar-refractivity contribution < 1.29 is 23.7 Å². The Morgan fingerprint density at radius 2 is 1.75 bits per heavy atom. The van der Waals surface area contributed by atoms with Gasteiger partial charge in [0.05, 0.1) is 30.0 Å². The number of carbonyl (C=O) groups excluding carboxylic acids is 1. The molecule has 186 valence electrons. The first-order valence-corrected chi connectivity index (χ1v) is 12.7. The van der Waals surface area contributed by atoms with Crippen LogP contribution in [0, 0.1) is 11.3 Å². The van der Waals surface area contributed by atoms with Crippen molar-refractivity contribution in [3.8, 4) is 23.1 Å². The Hall–Kier alpha value is -3.54. The van der Waals surface area contributed by atoms with E-state index in [1.54, 1.807) is 0 Å². The summed E-state index contributed by atoms with van der Waals surface area (Å²) in [7, 11) is 0. The summed E-state index contributed by atoms with van der Waals surface area (Å²) in [6.45, 7) is 1.28. The van der Waals surface area contributed by atoms with Crippen molar-refractivity contribution in [1.29, 1.82) is 5.26 Å². The van der Waals surface area contributed by atoms with Gasteiger partial charge in [0.15, 0.2) is 0 Å². The first-order valence-electron chi connectivity index (χ1n) is 12.7. The smallest absolute Gasteiger partial charge is 0.411 e. The van der Waals surface area contributed by atoms with Gasteiger partial charge in [0.25, 0.3) is 0 Å². The van der Waals surface area contributed by atoms with Crippen LogP contribution >= 0.6 is 0 Å². The molecule has 6 rings (SSSR count). The third-order valence-corrected chi connectivity index (χ3v) is 7.33. The second kappa shape index (κ2) is 9.84. The number of rotatable bonds is 6. The summed E-state index contributed by atoms with van der Waals surface area (Å²) >= 11 is 0. The lowest BCUT2D eigenvalue weighted by Crippen LogP contribution is -2.33. The van der Waals surface area contributed by atoms with E-state index in [4.69, 9.17) is 18.9 Å². The molecular weight excluding hydrogens is 458 g/mol. The van der Waals surface area contributed by atoms with Crippen molar-refractivity contribution in [2.45, 2.75) is 56.8 Å². The molecule has 1 saturated heterocycles. The van der Waals surface area contributed by atoms with Crippen molar-refractivity contribution in [2.75, 3.05) is 25.3 Å². The minimum absolute atomic E-state index is 0.0349. The average molecular weight is 488 g/mol. The number of aromatic nitrogens is 1. The lowest BCUT2D eigenvalue weighted by Gasteiger charge is -2.30. The summed E-state index contributed by atoms with van der Waals surface area (Å²) in [5.74, 6) is 0.736. The number of fused-ring (bicyclic) bond motifs is 1. The molecule has 0 spiro atoms. The van der Waals surface area contributed by atoms with E-state index in [0.29, 0.717) is 37.3 Å². The number of hydrogen-bond donors (Lipinski definition) is 1. The second-order valence-electron chi connectivity index (χ2n) is 9.73. The maximum Gasteiger partial charge on any atom is 0.411 e. The fourth-order valence-corrected chi connectivity index (χ4v) is 5.01. The van der Waals surface area contributed by atoms with Crippen molar-refractivity contribution in [3.05, 3.63) is 48.0 Å². The van der Waals surface area contributed by atoms with Gasteiger partial charge in [-0.3, -0.25) is 5.32 Å². The number of nitrogens with one attached hydrogen (secondary N) is 1. The quantitative estimate of drug-likeness (QED) is 0.475. The SMILES string of the molecule is N#Cc1c(-c2ccc(NC(=O)OC3CCC3)cc2)n(C2CCC2)c2cc(OC3COCOC3)ccc12. The number of carbonyl (C=O) groups is 1. The van der Waals surface area contributed by atoms with Gasteiger partial charge < -0.3 is 23.5 Å². The number of benzene rings is 2. The van der Waals surface area contributed by atoms with Gasteiger partial charge in [0.2, 0.25) is 0 Å². The van der Waals surface area contributed by atoms with Crippen LogP contribution in [-0.4, -0.2) is 42.9 Å². The lowest BCUT2D eigenvalue weighted by molar-refractivity contribution is -0.143. The highest BCUT2D eigenvalue weighted by molar-refractivity contribution is 5.96. The van der Waals surface area contributed by atoms with Crippen LogP contribution in [0.25, 0.3) is 22.2 Å². The summed E-state index contributed by atoms with van der Waals surface area (Å²) in [6, 6.07) is 16.3. The largest absolute Gasteiger partial charge is 0.486 e. The summed E-state index contributed by atoms with van der Waals surface area (Å²) in [4.78, 5) is 12.1. The summed E-state index contributed by atoms with van der Waals surface area (Å²) in [5, 5.41) is 13.9. The Balaban J connectivity index is 1.32. The van der Waals surface area contributed by atoms with Crippen LogP contribution in [0.4, 0.5) is 10.5 Å². The second-order valence-corrected chi connectivity index (χ2v) is 9.73. The minimum Gasteiger partial charge on any atom is -0.486 e. The van der Waals surface area contributed by atoms with Crippen LogP contribution in [0.1, 0.15) is 50.1 Å². The fourth-order valence-electron chi connectivity index (χ4n) is 5.01. The van der Waals surface area contributed by atoms with Crippen LogP contribution in [0.3, 0.4) is 0 Å². The zero-order valence-corrected chi connectivity index (χ0v) is 20.1. The molecule has 3 aromatic rings. The summed E-state index contributed by atoms with van der Waals surface area (Å²) in [6.07, 6.45) is 5.75. The Bertz CT molecular complexity index is 1300. The molecule has 2 aliphatic carbocycles. The first kappa shape index (κ1) is 22.9. The summed E-state index contributed by atoms with van der Waals surface area (Å²) < 4.78 is 24.5. The zero-order valence-electron chi connectivity index (χ0n) is 20.1. The standard InChI is InChI=1S/C28H29N3O5/c29-14-25-24-12-11-22(35-23-15-33-17-34-16-23)13-26(24)31(20-3-1-4-20)27(25)18-7-9-19(10-8-18)30-28(32)36-21-5-2-6-21/h7-13,20-21,23H,1-6,15-17H2,(H,30,32). The van der Waals surface area contributed by atoms with Crippen LogP contribution in [0.5, 0.6) is 5.75 Å². The number of hydrogen-bond acceptors (Lipinski definition) is 6. The van der Waals surface area contributed by atoms with E-state index in [2.05, 4.69) is 16.0 Å². The number of nitrogens with zero attached hydrogens (tertiary/aromatic N) is 2. The van der Waals surface area contributed by atoms with E-state index in [1.165, 1.54) is 6.42 Å². The molecule has 2 aromatic carbocycles. The molecule has 1 aromatic heterocycles. The highest BCUT2D eigenvalue weighted by Gasteiger charge is 2.28. The van der Waals surface area contributed by atoms with E-state index in [0.717, 1.165) is 60.0 Å². The normalized spacial score (nSPS) is 18.8. The van der Waals surface area contributed by atoms with Crippen LogP contribution in [0.2, 0.25) is 0 Å². The third-order valence-electron chi connectivity index (χ3n) is 7.33. The molecule has 2 saturated carbocycles. The Morgan fingerprint density at radius 3 is 2.39 bits per heavy atom. The Labute approximate surface area is 209 Å². The summed E-state index contributed by atoms with van der Waals surface area (Å²) in [5.41, 5.74) is 4.15. The van der Waals surface area contributed by atoms with E-state index < -0.39 is 6.09 Å². The van der Waals surface area contributed by atoms with Crippen LogP contribution < -0.4 is 10.1 Å². The zero-order chi connectivity index (χ0) is 24.5. The molecule has 3 fully saturated rings. The Kier molecular flexibility index (Phi) is 6.26. The first-order chi connectivity index (χ1) is 17.7. The Morgan fingerprint density at radius 1 is 1.00 bits per heavy atom. The molecule has 1 amide bonds.